The SMILES string of the molecule is COc1ccc(CC(NC(=O)OCC2c3ccccc3-c3ccccc32)C(=O)O)cc1Cl. The Morgan fingerprint density at radius 2 is 1.66 bits per heavy atom. The summed E-state index contributed by atoms with van der Waals surface area (Å²) in [5.41, 5.74) is 5.07. The molecule has 0 aliphatic heterocycles. The summed E-state index contributed by atoms with van der Waals surface area (Å²) in [6.07, 6.45) is -0.720. The van der Waals surface area contributed by atoms with Gasteiger partial charge in [0.1, 0.15) is 18.4 Å². The molecular formula is C25H22ClNO5. The standard InChI is InChI=1S/C25H22ClNO5/c1-31-23-11-10-15(12-21(23)26)13-22(24(28)29)27-25(30)32-14-20-18-8-4-2-6-16(18)17-7-3-5-9-19(17)20/h2-12,20,22H,13-14H2,1H3,(H,27,30)(H,28,29). The highest BCUT2D eigenvalue weighted by atomic mass is 35.5. The minimum Gasteiger partial charge on any atom is -0.495 e. The Bertz CT molecular complexity index is 1120. The van der Waals surface area contributed by atoms with Gasteiger partial charge in [0.2, 0.25) is 0 Å². The van der Waals surface area contributed by atoms with Crippen molar-refractivity contribution in [3.63, 3.8) is 0 Å². The molecule has 6 nitrogen and oxygen atoms in total. The van der Waals surface area contributed by atoms with Crippen LogP contribution < -0.4 is 10.1 Å². The van der Waals surface area contributed by atoms with Gasteiger partial charge in [0.25, 0.3) is 0 Å². The molecule has 0 aromatic heterocycles. The first-order valence-corrected chi connectivity index (χ1v) is 10.5. The minimum absolute atomic E-state index is 0.0588. The lowest BCUT2D eigenvalue weighted by molar-refractivity contribution is -0.139. The third kappa shape index (κ3) is 4.41. The molecule has 1 aliphatic rings. The van der Waals surface area contributed by atoms with Crippen molar-refractivity contribution in [3.8, 4) is 16.9 Å². The number of benzene rings is 3. The van der Waals surface area contributed by atoms with Gasteiger partial charge in [0.15, 0.2) is 0 Å². The summed E-state index contributed by atoms with van der Waals surface area (Å²) in [6, 6.07) is 19.8. The van der Waals surface area contributed by atoms with E-state index in [1.165, 1.54) is 7.11 Å². The lowest BCUT2D eigenvalue weighted by Crippen LogP contribution is -2.42. The number of carboxylic acid groups (broad SMARTS) is 1. The van der Waals surface area contributed by atoms with Crippen molar-refractivity contribution in [2.45, 2.75) is 18.4 Å². The fourth-order valence-corrected chi connectivity index (χ4v) is 4.34. The van der Waals surface area contributed by atoms with Crippen LogP contribution in [-0.4, -0.2) is 36.9 Å². The number of hydrogen-bond donors (Lipinski definition) is 2. The number of nitrogens with one attached hydrogen (secondary N) is 1. The van der Waals surface area contributed by atoms with Crippen molar-refractivity contribution < 1.29 is 24.2 Å². The number of carboxylic acids is 1. The topological polar surface area (TPSA) is 84.9 Å². The molecule has 0 bridgehead atoms. The van der Waals surface area contributed by atoms with E-state index in [-0.39, 0.29) is 18.9 Å². The summed E-state index contributed by atoms with van der Waals surface area (Å²) in [5, 5.41) is 12.4. The number of rotatable bonds is 7. The summed E-state index contributed by atoms with van der Waals surface area (Å²) in [6.45, 7) is 0.112. The van der Waals surface area contributed by atoms with Crippen LogP contribution in [0.1, 0.15) is 22.6 Å². The largest absolute Gasteiger partial charge is 0.495 e. The molecule has 1 aliphatic carbocycles. The van der Waals surface area contributed by atoms with Gasteiger partial charge >= 0.3 is 12.1 Å². The molecule has 4 rings (SSSR count). The van der Waals surface area contributed by atoms with Gasteiger partial charge in [-0.2, -0.15) is 0 Å². The van der Waals surface area contributed by atoms with Crippen molar-refractivity contribution in [3.05, 3.63) is 88.4 Å². The second kappa shape index (κ2) is 9.32. The van der Waals surface area contributed by atoms with E-state index in [0.29, 0.717) is 16.3 Å². The minimum atomic E-state index is -1.16. The zero-order valence-corrected chi connectivity index (χ0v) is 18.1. The van der Waals surface area contributed by atoms with Crippen LogP contribution in [0.15, 0.2) is 66.7 Å². The normalized spacial score (nSPS) is 13.1. The van der Waals surface area contributed by atoms with Crippen molar-refractivity contribution in [2.24, 2.45) is 0 Å². The molecular weight excluding hydrogens is 430 g/mol. The quantitative estimate of drug-likeness (QED) is 0.534. The Balaban J connectivity index is 1.42. The Morgan fingerprint density at radius 3 is 2.22 bits per heavy atom. The van der Waals surface area contributed by atoms with Gasteiger partial charge in [-0.25, -0.2) is 9.59 Å². The van der Waals surface area contributed by atoms with Crippen molar-refractivity contribution in [1.82, 2.24) is 5.32 Å². The van der Waals surface area contributed by atoms with E-state index < -0.39 is 18.1 Å². The van der Waals surface area contributed by atoms with E-state index >= 15 is 0 Å². The lowest BCUT2D eigenvalue weighted by atomic mass is 9.98. The summed E-state index contributed by atoms with van der Waals surface area (Å²) >= 11 is 6.12. The number of carbonyl (C=O) groups is 2. The highest BCUT2D eigenvalue weighted by Gasteiger charge is 2.29. The molecule has 1 amide bonds. The van der Waals surface area contributed by atoms with Crippen LogP contribution >= 0.6 is 11.6 Å². The van der Waals surface area contributed by atoms with E-state index in [4.69, 9.17) is 21.1 Å². The molecule has 0 heterocycles. The third-order valence-electron chi connectivity index (χ3n) is 5.59. The monoisotopic (exact) mass is 451 g/mol. The maximum Gasteiger partial charge on any atom is 0.407 e. The van der Waals surface area contributed by atoms with E-state index in [0.717, 1.165) is 22.3 Å². The molecule has 3 aromatic carbocycles. The number of fused-ring (bicyclic) bond motifs is 3. The van der Waals surface area contributed by atoms with Crippen LogP contribution in [0.5, 0.6) is 5.75 Å². The number of alkyl carbamates (subject to hydrolysis) is 1. The molecule has 1 atom stereocenters. The number of carbonyl (C=O) groups excluding carboxylic acids is 1. The average molecular weight is 452 g/mol. The Kier molecular flexibility index (Phi) is 6.32. The van der Waals surface area contributed by atoms with E-state index in [2.05, 4.69) is 17.4 Å². The van der Waals surface area contributed by atoms with E-state index in [1.54, 1.807) is 18.2 Å². The first-order valence-electron chi connectivity index (χ1n) is 10.1. The van der Waals surface area contributed by atoms with E-state index in [1.807, 2.05) is 36.4 Å². The fourth-order valence-electron chi connectivity index (χ4n) is 4.05. The van der Waals surface area contributed by atoms with Crippen LogP contribution in [0.25, 0.3) is 11.1 Å². The fraction of sp³-hybridized carbons (Fsp3) is 0.200. The summed E-state index contributed by atoms with van der Waals surface area (Å²) in [5.74, 6) is -0.769. The first-order chi connectivity index (χ1) is 15.5. The van der Waals surface area contributed by atoms with Gasteiger partial charge in [-0.1, -0.05) is 66.2 Å². The Labute approximate surface area is 190 Å². The van der Waals surface area contributed by atoms with Gasteiger partial charge in [-0.15, -0.1) is 0 Å². The van der Waals surface area contributed by atoms with Crippen LogP contribution in [0.4, 0.5) is 4.79 Å². The van der Waals surface area contributed by atoms with Gasteiger partial charge < -0.3 is 19.9 Å². The maximum atomic E-state index is 12.5. The van der Waals surface area contributed by atoms with Crippen LogP contribution in [0.3, 0.4) is 0 Å². The van der Waals surface area contributed by atoms with Crippen molar-refractivity contribution in [2.75, 3.05) is 13.7 Å². The molecule has 164 valence electrons. The van der Waals surface area contributed by atoms with E-state index in [9.17, 15) is 14.7 Å². The van der Waals surface area contributed by atoms with Crippen LogP contribution in [0.2, 0.25) is 5.02 Å². The molecule has 7 heteroatoms. The van der Waals surface area contributed by atoms with Gasteiger partial charge in [-0.3, -0.25) is 0 Å². The highest BCUT2D eigenvalue weighted by Crippen LogP contribution is 2.44. The number of ether oxygens (including phenoxy) is 2. The molecule has 0 saturated carbocycles. The average Bonchev–Trinajstić information content (AvgIpc) is 3.11. The van der Waals surface area contributed by atoms with Crippen molar-refractivity contribution >= 4 is 23.7 Å². The number of aliphatic carboxylic acids is 1. The molecule has 0 saturated heterocycles. The van der Waals surface area contributed by atoms with Gasteiger partial charge in [0, 0.05) is 12.3 Å². The molecule has 3 aromatic rings. The molecule has 1 unspecified atom stereocenters. The number of amides is 1. The zero-order chi connectivity index (χ0) is 22.7. The van der Waals surface area contributed by atoms with Crippen LogP contribution in [0, 0.1) is 0 Å². The number of hydrogen-bond acceptors (Lipinski definition) is 4. The molecule has 0 radical (unpaired) electrons. The summed E-state index contributed by atoms with van der Waals surface area (Å²) in [4.78, 5) is 24.2. The lowest BCUT2D eigenvalue weighted by Gasteiger charge is -2.18. The summed E-state index contributed by atoms with van der Waals surface area (Å²) < 4.78 is 10.6. The molecule has 2 N–H and O–H groups in total. The highest BCUT2D eigenvalue weighted by molar-refractivity contribution is 6.32. The predicted molar refractivity (Wildman–Crippen MR) is 121 cm³/mol. The molecule has 32 heavy (non-hydrogen) atoms. The van der Waals surface area contributed by atoms with Crippen LogP contribution in [-0.2, 0) is 16.0 Å². The number of halogens is 1. The van der Waals surface area contributed by atoms with Gasteiger partial charge in [0.05, 0.1) is 12.1 Å². The molecule has 0 spiro atoms. The third-order valence-corrected chi connectivity index (χ3v) is 5.89. The van der Waals surface area contributed by atoms with Crippen molar-refractivity contribution in [1.29, 1.82) is 0 Å². The second-order valence-corrected chi connectivity index (χ2v) is 7.94. The Morgan fingerprint density at radius 1 is 1.03 bits per heavy atom. The van der Waals surface area contributed by atoms with Gasteiger partial charge in [-0.05, 0) is 39.9 Å². The smallest absolute Gasteiger partial charge is 0.407 e. The molecule has 0 fully saturated rings. The Hall–Kier alpha value is -3.51. The maximum absolute atomic E-state index is 12.5. The zero-order valence-electron chi connectivity index (χ0n) is 17.4. The first kappa shape index (κ1) is 21.7. The number of methoxy groups -OCH3 is 1. The second-order valence-electron chi connectivity index (χ2n) is 7.53. The summed E-state index contributed by atoms with van der Waals surface area (Å²) in [7, 11) is 1.50. The predicted octanol–water partition coefficient (Wildman–Crippen LogP) is 4.88.